The van der Waals surface area contributed by atoms with Crippen molar-refractivity contribution in [1.82, 2.24) is 0 Å². The maximum Gasteiger partial charge on any atom is 0.256 e. The predicted octanol–water partition coefficient (Wildman–Crippen LogP) is 3.80. The van der Waals surface area contributed by atoms with Gasteiger partial charge in [0.1, 0.15) is 11.1 Å². The van der Waals surface area contributed by atoms with Gasteiger partial charge in [0.05, 0.1) is 5.56 Å². The summed E-state index contributed by atoms with van der Waals surface area (Å²) in [5.41, 5.74) is 3.13. The van der Waals surface area contributed by atoms with Crippen LogP contribution in [-0.4, -0.2) is 5.91 Å². The lowest BCUT2D eigenvalue weighted by atomic mass is 10.1. The molecule has 0 atom stereocenters. The van der Waals surface area contributed by atoms with Gasteiger partial charge in [-0.3, -0.25) is 4.79 Å². The summed E-state index contributed by atoms with van der Waals surface area (Å²) in [6.07, 6.45) is 0. The number of nitrogens with zero attached hydrogens (tertiary/aromatic N) is 1. The summed E-state index contributed by atoms with van der Waals surface area (Å²) in [5, 5.41) is 12.6. The molecule has 0 aliphatic carbocycles. The number of nitrogens with one attached hydrogen (secondary N) is 1. The Balaban J connectivity index is 2.30. The van der Waals surface area contributed by atoms with Crippen LogP contribution in [0.5, 0.6) is 0 Å². The molecule has 4 heteroatoms. The molecule has 1 aromatic carbocycles. The number of carbonyl (C=O) groups excluding carboxylic acids is 1. The van der Waals surface area contributed by atoms with E-state index in [-0.39, 0.29) is 5.91 Å². The third kappa shape index (κ3) is 2.67. The fraction of sp³-hybridized carbons (Fsp3) is 0.200. The first-order valence-electron chi connectivity index (χ1n) is 5.91. The summed E-state index contributed by atoms with van der Waals surface area (Å²) in [7, 11) is 0. The number of nitriles is 1. The van der Waals surface area contributed by atoms with Crippen molar-refractivity contribution in [2.45, 2.75) is 20.8 Å². The van der Waals surface area contributed by atoms with Crippen LogP contribution in [-0.2, 0) is 0 Å². The number of carbonyl (C=O) groups is 1. The predicted molar refractivity (Wildman–Crippen MR) is 77.6 cm³/mol. The number of rotatable bonds is 2. The van der Waals surface area contributed by atoms with Gasteiger partial charge in [0.25, 0.3) is 5.91 Å². The molecule has 3 nitrogen and oxygen atoms in total. The second-order valence-electron chi connectivity index (χ2n) is 4.42. The van der Waals surface area contributed by atoms with E-state index in [4.69, 9.17) is 5.26 Å². The van der Waals surface area contributed by atoms with Gasteiger partial charge in [-0.25, -0.2) is 0 Å². The number of hydrogen-bond donors (Lipinski definition) is 1. The first-order valence-corrected chi connectivity index (χ1v) is 6.72. The molecule has 1 heterocycles. The Labute approximate surface area is 116 Å². The highest BCUT2D eigenvalue weighted by Gasteiger charge is 2.15. The van der Waals surface area contributed by atoms with E-state index in [2.05, 4.69) is 11.4 Å². The zero-order chi connectivity index (χ0) is 14.0. The second-order valence-corrected chi connectivity index (χ2v) is 5.65. The zero-order valence-electron chi connectivity index (χ0n) is 11.1. The number of thiophene rings is 1. The Morgan fingerprint density at radius 2 is 2.05 bits per heavy atom. The normalized spacial score (nSPS) is 10.0. The van der Waals surface area contributed by atoms with Crippen molar-refractivity contribution in [2.24, 2.45) is 0 Å². The van der Waals surface area contributed by atoms with Crippen LogP contribution in [0.3, 0.4) is 0 Å². The minimum absolute atomic E-state index is 0.179. The molecule has 2 aromatic rings. The summed E-state index contributed by atoms with van der Waals surface area (Å²) in [6.45, 7) is 5.78. The lowest BCUT2D eigenvalue weighted by Gasteiger charge is -2.04. The highest BCUT2D eigenvalue weighted by atomic mass is 32.1. The second kappa shape index (κ2) is 5.25. The van der Waals surface area contributed by atoms with Gasteiger partial charge in [0.15, 0.2) is 0 Å². The van der Waals surface area contributed by atoms with Gasteiger partial charge in [-0.15, -0.1) is 11.3 Å². The third-order valence-corrected chi connectivity index (χ3v) is 4.13. The van der Waals surface area contributed by atoms with Crippen molar-refractivity contribution in [3.8, 4) is 6.07 Å². The van der Waals surface area contributed by atoms with E-state index in [0.717, 1.165) is 16.0 Å². The molecular formula is C15H14N2OS. The molecule has 96 valence electrons. The Morgan fingerprint density at radius 1 is 1.32 bits per heavy atom. The minimum atomic E-state index is -0.179. The van der Waals surface area contributed by atoms with Gasteiger partial charge in [-0.2, -0.15) is 5.26 Å². The quantitative estimate of drug-likeness (QED) is 0.902. The summed E-state index contributed by atoms with van der Waals surface area (Å²) in [4.78, 5) is 13.2. The monoisotopic (exact) mass is 270 g/mol. The first kappa shape index (κ1) is 13.3. The van der Waals surface area contributed by atoms with E-state index in [1.165, 1.54) is 11.3 Å². The Hall–Kier alpha value is -2.12. The first-order chi connectivity index (χ1) is 9.02. The summed E-state index contributed by atoms with van der Waals surface area (Å²) in [5.74, 6) is -0.179. The highest BCUT2D eigenvalue weighted by Crippen LogP contribution is 2.31. The molecule has 0 aliphatic rings. The molecule has 1 aromatic heterocycles. The van der Waals surface area contributed by atoms with E-state index < -0.39 is 0 Å². The largest absolute Gasteiger partial charge is 0.312 e. The van der Waals surface area contributed by atoms with Crippen molar-refractivity contribution >= 4 is 22.2 Å². The molecule has 1 N–H and O–H groups in total. The summed E-state index contributed by atoms with van der Waals surface area (Å²) >= 11 is 1.44. The minimum Gasteiger partial charge on any atom is -0.312 e. The highest BCUT2D eigenvalue weighted by molar-refractivity contribution is 7.16. The van der Waals surface area contributed by atoms with Gasteiger partial charge in [-0.1, -0.05) is 17.7 Å². The van der Waals surface area contributed by atoms with E-state index in [1.807, 2.05) is 39.0 Å². The van der Waals surface area contributed by atoms with Crippen molar-refractivity contribution in [3.05, 3.63) is 51.4 Å². The maximum atomic E-state index is 12.1. The molecule has 0 aliphatic heterocycles. The van der Waals surface area contributed by atoms with Crippen molar-refractivity contribution in [1.29, 1.82) is 5.26 Å². The fourth-order valence-corrected chi connectivity index (χ4v) is 2.82. The molecule has 0 saturated carbocycles. The lowest BCUT2D eigenvalue weighted by Crippen LogP contribution is -2.11. The molecule has 0 spiro atoms. The number of benzene rings is 1. The standard InChI is InChI=1S/C15H14N2OS/c1-9-5-4-6-12(7-9)14(18)17-15-13(8-16)10(2)11(3)19-15/h4-7H,1-3H3,(H,17,18). The molecule has 0 bridgehead atoms. The van der Waals surface area contributed by atoms with Gasteiger partial charge >= 0.3 is 0 Å². The number of anilines is 1. The Kier molecular flexibility index (Phi) is 3.68. The SMILES string of the molecule is Cc1cccc(C(=O)Nc2sc(C)c(C)c2C#N)c1. The van der Waals surface area contributed by atoms with Crippen LogP contribution in [0.1, 0.15) is 31.9 Å². The summed E-state index contributed by atoms with van der Waals surface area (Å²) in [6, 6.07) is 9.53. The zero-order valence-corrected chi connectivity index (χ0v) is 11.9. The topological polar surface area (TPSA) is 52.9 Å². The Morgan fingerprint density at radius 3 is 2.68 bits per heavy atom. The maximum absolute atomic E-state index is 12.1. The van der Waals surface area contributed by atoms with Crippen LogP contribution >= 0.6 is 11.3 Å². The summed E-state index contributed by atoms with van der Waals surface area (Å²) < 4.78 is 0. The van der Waals surface area contributed by atoms with Crippen LogP contribution in [0.15, 0.2) is 24.3 Å². The number of hydrogen-bond acceptors (Lipinski definition) is 3. The lowest BCUT2D eigenvalue weighted by molar-refractivity contribution is 0.102. The van der Waals surface area contributed by atoms with Gasteiger partial charge < -0.3 is 5.32 Å². The van der Waals surface area contributed by atoms with Crippen LogP contribution in [0.25, 0.3) is 0 Å². The van der Waals surface area contributed by atoms with Crippen LogP contribution < -0.4 is 5.32 Å². The van der Waals surface area contributed by atoms with E-state index >= 15 is 0 Å². The molecule has 1 amide bonds. The molecular weight excluding hydrogens is 256 g/mol. The van der Waals surface area contributed by atoms with Gasteiger partial charge in [0.2, 0.25) is 0 Å². The van der Waals surface area contributed by atoms with Gasteiger partial charge in [0, 0.05) is 10.4 Å². The van der Waals surface area contributed by atoms with Crippen molar-refractivity contribution in [2.75, 3.05) is 5.32 Å². The van der Waals surface area contributed by atoms with Crippen LogP contribution in [0.2, 0.25) is 0 Å². The average molecular weight is 270 g/mol. The van der Waals surface area contributed by atoms with Crippen LogP contribution in [0.4, 0.5) is 5.00 Å². The molecule has 19 heavy (non-hydrogen) atoms. The van der Waals surface area contributed by atoms with Crippen molar-refractivity contribution < 1.29 is 4.79 Å². The molecule has 0 unspecified atom stereocenters. The smallest absolute Gasteiger partial charge is 0.256 e. The molecule has 0 saturated heterocycles. The van der Waals surface area contributed by atoms with E-state index in [0.29, 0.717) is 16.1 Å². The molecule has 0 fully saturated rings. The average Bonchev–Trinajstić information content (AvgIpc) is 2.64. The van der Waals surface area contributed by atoms with E-state index in [1.54, 1.807) is 6.07 Å². The molecule has 0 radical (unpaired) electrons. The fourth-order valence-electron chi connectivity index (χ4n) is 1.81. The van der Waals surface area contributed by atoms with Gasteiger partial charge in [-0.05, 0) is 38.5 Å². The van der Waals surface area contributed by atoms with E-state index in [9.17, 15) is 4.79 Å². The van der Waals surface area contributed by atoms with Crippen LogP contribution in [0, 0.1) is 32.1 Å². The molecule has 2 rings (SSSR count). The Bertz CT molecular complexity index is 680. The number of amides is 1. The number of aryl methyl sites for hydroxylation is 2. The third-order valence-electron chi connectivity index (χ3n) is 3.00. The van der Waals surface area contributed by atoms with Crippen molar-refractivity contribution in [3.63, 3.8) is 0 Å².